The first-order chi connectivity index (χ1) is 15.5. The fourth-order valence-corrected chi connectivity index (χ4v) is 3.08. The lowest BCUT2D eigenvalue weighted by atomic mass is 10.1. The summed E-state index contributed by atoms with van der Waals surface area (Å²) in [5.41, 5.74) is 3.01. The van der Waals surface area contributed by atoms with Gasteiger partial charge >= 0.3 is 0 Å². The minimum atomic E-state index is -0.0576. The van der Waals surface area contributed by atoms with Crippen LogP contribution in [0, 0.1) is 5.92 Å². The second-order valence-electron chi connectivity index (χ2n) is 8.01. The predicted molar refractivity (Wildman–Crippen MR) is 127 cm³/mol. The van der Waals surface area contributed by atoms with E-state index in [1.807, 2.05) is 71.6 Å². The molecule has 5 heteroatoms. The molecule has 0 aliphatic heterocycles. The van der Waals surface area contributed by atoms with Crippen LogP contribution in [0.4, 0.5) is 0 Å². The van der Waals surface area contributed by atoms with E-state index in [1.54, 1.807) is 25.6 Å². The number of hydrogen-bond donors (Lipinski definition) is 0. The van der Waals surface area contributed by atoms with Crippen molar-refractivity contribution in [2.45, 2.75) is 26.9 Å². The van der Waals surface area contributed by atoms with E-state index in [1.165, 1.54) is 0 Å². The highest BCUT2D eigenvalue weighted by atomic mass is 16.5. The molecule has 2 aromatic carbocycles. The summed E-state index contributed by atoms with van der Waals surface area (Å²) in [5.74, 6) is 2.04. The molecule has 0 aliphatic carbocycles. The van der Waals surface area contributed by atoms with Crippen LogP contribution in [-0.4, -0.2) is 29.5 Å². The SMILES string of the molecule is COc1ccc(/C=C/C(=O)N(Cc2ccncc2)Cc2ccc(OCC(C)C)cc2)cc1. The Hall–Kier alpha value is -3.60. The molecule has 1 heterocycles. The molecule has 32 heavy (non-hydrogen) atoms. The lowest BCUT2D eigenvalue weighted by Crippen LogP contribution is -2.28. The van der Waals surface area contributed by atoms with E-state index in [0.717, 1.165) is 28.2 Å². The largest absolute Gasteiger partial charge is 0.497 e. The van der Waals surface area contributed by atoms with E-state index in [9.17, 15) is 4.79 Å². The van der Waals surface area contributed by atoms with E-state index < -0.39 is 0 Å². The van der Waals surface area contributed by atoms with Gasteiger partial charge in [-0.15, -0.1) is 0 Å². The minimum Gasteiger partial charge on any atom is -0.497 e. The normalized spacial score (nSPS) is 11.0. The second-order valence-corrected chi connectivity index (χ2v) is 8.01. The number of rotatable bonds is 10. The number of aromatic nitrogens is 1. The van der Waals surface area contributed by atoms with Gasteiger partial charge < -0.3 is 14.4 Å². The Morgan fingerprint density at radius 2 is 1.50 bits per heavy atom. The topological polar surface area (TPSA) is 51.7 Å². The van der Waals surface area contributed by atoms with Crippen LogP contribution >= 0.6 is 0 Å². The summed E-state index contributed by atoms with van der Waals surface area (Å²) >= 11 is 0. The maximum Gasteiger partial charge on any atom is 0.247 e. The zero-order valence-corrected chi connectivity index (χ0v) is 18.9. The number of nitrogens with zero attached hydrogens (tertiary/aromatic N) is 2. The van der Waals surface area contributed by atoms with Gasteiger partial charge in [-0.05, 0) is 65.1 Å². The third-order valence-corrected chi connectivity index (χ3v) is 4.85. The van der Waals surface area contributed by atoms with Crippen LogP contribution in [0.5, 0.6) is 11.5 Å². The highest BCUT2D eigenvalue weighted by Gasteiger charge is 2.13. The molecule has 0 radical (unpaired) electrons. The molecular formula is C27H30N2O3. The van der Waals surface area contributed by atoms with E-state index in [0.29, 0.717) is 25.6 Å². The van der Waals surface area contributed by atoms with Crippen LogP contribution in [0.25, 0.3) is 6.08 Å². The third-order valence-electron chi connectivity index (χ3n) is 4.85. The van der Waals surface area contributed by atoms with Gasteiger partial charge in [-0.2, -0.15) is 0 Å². The van der Waals surface area contributed by atoms with Crippen molar-refractivity contribution in [2.75, 3.05) is 13.7 Å². The summed E-state index contributed by atoms with van der Waals surface area (Å²) in [6.07, 6.45) is 6.92. The minimum absolute atomic E-state index is 0.0576. The Morgan fingerprint density at radius 3 is 2.09 bits per heavy atom. The van der Waals surface area contributed by atoms with Gasteiger partial charge in [-0.25, -0.2) is 0 Å². The van der Waals surface area contributed by atoms with E-state index >= 15 is 0 Å². The highest BCUT2D eigenvalue weighted by molar-refractivity contribution is 5.91. The van der Waals surface area contributed by atoms with Crippen LogP contribution < -0.4 is 9.47 Å². The Balaban J connectivity index is 1.72. The Bertz CT molecular complexity index is 997. The number of methoxy groups -OCH3 is 1. The molecule has 0 saturated heterocycles. The van der Waals surface area contributed by atoms with Gasteiger partial charge in [0, 0.05) is 31.6 Å². The summed E-state index contributed by atoms with van der Waals surface area (Å²) in [5, 5.41) is 0. The zero-order valence-electron chi connectivity index (χ0n) is 18.9. The van der Waals surface area contributed by atoms with Crippen LogP contribution in [-0.2, 0) is 17.9 Å². The van der Waals surface area contributed by atoms with Crippen molar-refractivity contribution in [2.24, 2.45) is 5.92 Å². The Kier molecular flexibility index (Phi) is 8.44. The fraction of sp³-hybridized carbons (Fsp3) is 0.259. The van der Waals surface area contributed by atoms with E-state index in [4.69, 9.17) is 9.47 Å². The average molecular weight is 431 g/mol. The summed E-state index contributed by atoms with van der Waals surface area (Å²) < 4.78 is 11.0. The van der Waals surface area contributed by atoms with Crippen molar-refractivity contribution < 1.29 is 14.3 Å². The number of pyridine rings is 1. The molecule has 0 N–H and O–H groups in total. The number of benzene rings is 2. The summed E-state index contributed by atoms with van der Waals surface area (Å²) in [6, 6.07) is 19.4. The molecule has 0 bridgehead atoms. The molecule has 3 aromatic rings. The van der Waals surface area contributed by atoms with E-state index in [-0.39, 0.29) is 5.91 Å². The molecular weight excluding hydrogens is 400 g/mol. The second kappa shape index (κ2) is 11.7. The van der Waals surface area contributed by atoms with Crippen LogP contribution in [0.15, 0.2) is 79.1 Å². The number of ether oxygens (including phenoxy) is 2. The first-order valence-electron chi connectivity index (χ1n) is 10.7. The van der Waals surface area contributed by atoms with Gasteiger partial charge in [0.2, 0.25) is 5.91 Å². The summed E-state index contributed by atoms with van der Waals surface area (Å²) in [4.78, 5) is 19.0. The number of carbonyl (C=O) groups excluding carboxylic acids is 1. The molecule has 0 atom stereocenters. The van der Waals surface area contributed by atoms with Crippen LogP contribution in [0.3, 0.4) is 0 Å². The Labute approximate surface area is 190 Å². The van der Waals surface area contributed by atoms with Crippen LogP contribution in [0.2, 0.25) is 0 Å². The van der Waals surface area contributed by atoms with Gasteiger partial charge in [-0.3, -0.25) is 9.78 Å². The van der Waals surface area contributed by atoms with Gasteiger partial charge in [0.1, 0.15) is 11.5 Å². The van der Waals surface area contributed by atoms with Gasteiger partial charge in [0.25, 0.3) is 0 Å². The van der Waals surface area contributed by atoms with Crippen molar-refractivity contribution >= 4 is 12.0 Å². The maximum absolute atomic E-state index is 13.1. The molecule has 3 rings (SSSR count). The molecule has 0 saturated carbocycles. The number of carbonyl (C=O) groups is 1. The fourth-order valence-electron chi connectivity index (χ4n) is 3.08. The molecule has 0 unspecified atom stereocenters. The average Bonchev–Trinajstić information content (AvgIpc) is 2.82. The molecule has 166 valence electrons. The van der Waals surface area contributed by atoms with Crippen LogP contribution in [0.1, 0.15) is 30.5 Å². The molecule has 5 nitrogen and oxygen atoms in total. The van der Waals surface area contributed by atoms with Gasteiger partial charge in [-0.1, -0.05) is 38.1 Å². The summed E-state index contributed by atoms with van der Waals surface area (Å²) in [7, 11) is 1.63. The lowest BCUT2D eigenvalue weighted by molar-refractivity contribution is -0.127. The standard InChI is InChI=1S/C27H30N2O3/c1-21(2)20-32-26-11-6-23(7-12-26)18-29(19-24-14-16-28-17-15-24)27(30)13-8-22-4-9-25(31-3)10-5-22/h4-17,21H,18-20H2,1-3H3/b13-8+. The monoisotopic (exact) mass is 430 g/mol. The highest BCUT2D eigenvalue weighted by Crippen LogP contribution is 2.17. The van der Waals surface area contributed by atoms with Crippen molar-refractivity contribution in [1.29, 1.82) is 0 Å². The van der Waals surface area contributed by atoms with Gasteiger partial charge in [0.05, 0.1) is 13.7 Å². The maximum atomic E-state index is 13.1. The van der Waals surface area contributed by atoms with Crippen molar-refractivity contribution in [3.8, 4) is 11.5 Å². The van der Waals surface area contributed by atoms with Crippen molar-refractivity contribution in [3.05, 3.63) is 95.8 Å². The molecule has 1 aromatic heterocycles. The zero-order chi connectivity index (χ0) is 22.8. The molecule has 0 aliphatic rings. The van der Waals surface area contributed by atoms with Crippen molar-refractivity contribution in [1.82, 2.24) is 9.88 Å². The summed E-state index contributed by atoms with van der Waals surface area (Å²) in [6.45, 7) is 5.92. The quantitative estimate of drug-likeness (QED) is 0.406. The molecule has 0 fully saturated rings. The Morgan fingerprint density at radius 1 is 0.906 bits per heavy atom. The number of amides is 1. The first-order valence-corrected chi connectivity index (χ1v) is 10.7. The third kappa shape index (κ3) is 7.27. The number of hydrogen-bond acceptors (Lipinski definition) is 4. The lowest BCUT2D eigenvalue weighted by Gasteiger charge is -2.22. The molecule has 0 spiro atoms. The first kappa shape index (κ1) is 23.1. The van der Waals surface area contributed by atoms with Gasteiger partial charge in [0.15, 0.2) is 0 Å². The predicted octanol–water partition coefficient (Wildman–Crippen LogP) is 5.37. The molecule has 1 amide bonds. The van der Waals surface area contributed by atoms with Crippen molar-refractivity contribution in [3.63, 3.8) is 0 Å². The smallest absolute Gasteiger partial charge is 0.247 e. The van der Waals surface area contributed by atoms with E-state index in [2.05, 4.69) is 18.8 Å².